The van der Waals surface area contributed by atoms with Crippen LogP contribution in [0.25, 0.3) is 0 Å². The Bertz CT molecular complexity index is 590. The van der Waals surface area contributed by atoms with E-state index in [1.165, 1.54) is 12.1 Å². The number of nitrogens with two attached hydrogens (primary N) is 1. The first-order chi connectivity index (χ1) is 10.4. The zero-order valence-corrected chi connectivity index (χ0v) is 12.8. The first-order valence-electron chi connectivity index (χ1n) is 6.86. The molecule has 1 rings (SSSR count). The van der Waals surface area contributed by atoms with Crippen LogP contribution in [-0.2, 0) is 19.1 Å². The van der Waals surface area contributed by atoms with Crippen LogP contribution >= 0.6 is 0 Å². The van der Waals surface area contributed by atoms with Gasteiger partial charge >= 0.3 is 11.9 Å². The highest BCUT2D eigenvalue weighted by Crippen LogP contribution is 2.14. The van der Waals surface area contributed by atoms with Crippen LogP contribution in [0.3, 0.4) is 0 Å². The lowest BCUT2D eigenvalue weighted by atomic mass is 10.0. The first kappa shape index (κ1) is 17.4. The van der Waals surface area contributed by atoms with Gasteiger partial charge in [-0.3, -0.25) is 4.79 Å². The van der Waals surface area contributed by atoms with Crippen LogP contribution in [0.15, 0.2) is 41.6 Å². The van der Waals surface area contributed by atoms with E-state index in [-0.39, 0.29) is 12.2 Å². The zero-order valence-electron chi connectivity index (χ0n) is 12.8. The molecule has 22 heavy (non-hydrogen) atoms. The second kappa shape index (κ2) is 7.97. The fraction of sp³-hybridized carbons (Fsp3) is 0.312. The van der Waals surface area contributed by atoms with E-state index in [1.807, 2.05) is 0 Å². The molecule has 0 aliphatic heterocycles. The summed E-state index contributed by atoms with van der Waals surface area (Å²) < 4.78 is 9.74. The third-order valence-electron chi connectivity index (χ3n) is 2.57. The molecule has 1 aromatic rings. The highest BCUT2D eigenvalue weighted by Gasteiger charge is 2.29. The van der Waals surface area contributed by atoms with Gasteiger partial charge in [-0.05, 0) is 20.8 Å². The summed E-state index contributed by atoms with van der Waals surface area (Å²) >= 11 is 0. The number of hydrogen-bond acceptors (Lipinski definition) is 6. The van der Waals surface area contributed by atoms with E-state index in [4.69, 9.17) is 15.2 Å². The molecule has 0 aromatic heterocycles. The van der Waals surface area contributed by atoms with E-state index in [9.17, 15) is 14.4 Å². The van der Waals surface area contributed by atoms with Gasteiger partial charge in [0.25, 0.3) is 0 Å². The molecule has 0 bridgehead atoms. The number of rotatable bonds is 6. The molecule has 0 saturated carbocycles. The summed E-state index contributed by atoms with van der Waals surface area (Å²) in [6.07, 6.45) is -0.457. The largest absolute Gasteiger partial charge is 0.461 e. The molecule has 0 amide bonds. The van der Waals surface area contributed by atoms with Crippen molar-refractivity contribution >= 4 is 17.7 Å². The number of carbonyl (C=O) groups is 3. The van der Waals surface area contributed by atoms with Crippen molar-refractivity contribution in [2.24, 2.45) is 5.73 Å². The van der Waals surface area contributed by atoms with Crippen LogP contribution < -0.4 is 5.73 Å². The lowest BCUT2D eigenvalue weighted by Crippen LogP contribution is -2.27. The van der Waals surface area contributed by atoms with E-state index < -0.39 is 35.1 Å². The second-order valence-corrected chi connectivity index (χ2v) is 4.66. The fourth-order valence-electron chi connectivity index (χ4n) is 1.64. The normalized spacial score (nSPS) is 11.6. The summed E-state index contributed by atoms with van der Waals surface area (Å²) in [6.45, 7) is 4.92. The van der Waals surface area contributed by atoms with Crippen LogP contribution in [0.4, 0.5) is 0 Å². The minimum absolute atomic E-state index is 0.0750. The highest BCUT2D eigenvalue weighted by molar-refractivity contribution is 6.27. The number of hydrogen-bond donors (Lipinski definition) is 1. The maximum absolute atomic E-state index is 12.5. The number of ether oxygens (including phenoxy) is 2. The zero-order chi connectivity index (χ0) is 16.7. The molecule has 6 nitrogen and oxygen atoms in total. The molecule has 0 aliphatic carbocycles. The Hall–Kier alpha value is -2.63. The summed E-state index contributed by atoms with van der Waals surface area (Å²) in [5.74, 6) is -2.56. The van der Waals surface area contributed by atoms with Crippen LogP contribution in [-0.4, -0.2) is 30.4 Å². The topological polar surface area (TPSA) is 95.7 Å². The summed E-state index contributed by atoms with van der Waals surface area (Å²) in [5, 5.41) is 0. The fourth-order valence-corrected chi connectivity index (χ4v) is 1.64. The average Bonchev–Trinajstić information content (AvgIpc) is 2.47. The summed E-state index contributed by atoms with van der Waals surface area (Å²) in [5.41, 5.74) is 4.80. The van der Waals surface area contributed by atoms with Crippen molar-refractivity contribution in [2.75, 3.05) is 6.61 Å². The van der Waals surface area contributed by atoms with E-state index in [0.29, 0.717) is 0 Å². The van der Waals surface area contributed by atoms with Crippen molar-refractivity contribution in [2.45, 2.75) is 26.9 Å². The average molecular weight is 305 g/mol. The quantitative estimate of drug-likeness (QED) is 0.282. The highest BCUT2D eigenvalue weighted by atomic mass is 16.5. The second-order valence-electron chi connectivity index (χ2n) is 4.66. The number of esters is 2. The lowest BCUT2D eigenvalue weighted by Gasteiger charge is -2.12. The Kier molecular flexibility index (Phi) is 6.31. The van der Waals surface area contributed by atoms with Gasteiger partial charge in [0.05, 0.1) is 12.7 Å². The minimum atomic E-state index is -0.950. The first-order valence-corrected chi connectivity index (χ1v) is 6.86. The van der Waals surface area contributed by atoms with Crippen molar-refractivity contribution in [3.05, 3.63) is 47.2 Å². The Balaban J connectivity index is 3.28. The number of benzene rings is 1. The van der Waals surface area contributed by atoms with Crippen molar-refractivity contribution in [1.82, 2.24) is 0 Å². The van der Waals surface area contributed by atoms with Crippen LogP contribution in [0.2, 0.25) is 0 Å². The molecule has 0 aliphatic rings. The van der Waals surface area contributed by atoms with Gasteiger partial charge in [-0.2, -0.15) is 0 Å². The SMILES string of the molecule is CCOC(=O)/C(N)=C(/C(=O)OC(C)C)C(=O)c1ccccc1. The molecule has 0 fully saturated rings. The van der Waals surface area contributed by atoms with Gasteiger partial charge in [-0.1, -0.05) is 30.3 Å². The Morgan fingerprint density at radius 3 is 2.18 bits per heavy atom. The molecule has 0 saturated heterocycles. The van der Waals surface area contributed by atoms with E-state index in [0.717, 1.165) is 0 Å². The molecule has 0 radical (unpaired) electrons. The molecular weight excluding hydrogens is 286 g/mol. The third kappa shape index (κ3) is 4.44. The van der Waals surface area contributed by atoms with Crippen molar-refractivity contribution in [1.29, 1.82) is 0 Å². The minimum Gasteiger partial charge on any atom is -0.461 e. The van der Waals surface area contributed by atoms with Gasteiger partial charge in [0.2, 0.25) is 5.78 Å². The van der Waals surface area contributed by atoms with Crippen molar-refractivity contribution in [3.8, 4) is 0 Å². The summed E-state index contributed by atoms with van der Waals surface area (Å²) in [6, 6.07) is 8.03. The van der Waals surface area contributed by atoms with Crippen molar-refractivity contribution < 1.29 is 23.9 Å². The van der Waals surface area contributed by atoms with Gasteiger partial charge in [-0.15, -0.1) is 0 Å². The summed E-state index contributed by atoms with van der Waals surface area (Å²) in [4.78, 5) is 36.3. The van der Waals surface area contributed by atoms with Crippen LogP contribution in [0.5, 0.6) is 0 Å². The van der Waals surface area contributed by atoms with Gasteiger partial charge in [0.15, 0.2) is 0 Å². The standard InChI is InChI=1S/C16H19NO5/c1-4-21-16(20)13(17)12(15(19)22-10(2)3)14(18)11-8-6-5-7-9-11/h5-10H,4,17H2,1-3H3/b13-12-. The maximum atomic E-state index is 12.5. The maximum Gasteiger partial charge on any atom is 0.355 e. The molecule has 0 unspecified atom stereocenters. The van der Waals surface area contributed by atoms with E-state index in [2.05, 4.69) is 0 Å². The number of carbonyl (C=O) groups excluding carboxylic acids is 3. The molecule has 0 atom stereocenters. The third-order valence-corrected chi connectivity index (χ3v) is 2.57. The number of ketones is 1. The van der Waals surface area contributed by atoms with Gasteiger partial charge in [0, 0.05) is 5.56 Å². The number of Topliss-reactive ketones (excluding diaryl/α,β-unsaturated/α-hetero) is 1. The van der Waals surface area contributed by atoms with E-state index >= 15 is 0 Å². The lowest BCUT2D eigenvalue weighted by molar-refractivity contribution is -0.144. The van der Waals surface area contributed by atoms with E-state index in [1.54, 1.807) is 39.0 Å². The molecule has 1 aromatic carbocycles. The summed E-state index contributed by atoms with van der Waals surface area (Å²) in [7, 11) is 0. The molecule has 0 spiro atoms. The Morgan fingerprint density at radius 2 is 1.68 bits per heavy atom. The Morgan fingerprint density at radius 1 is 1.09 bits per heavy atom. The molecule has 6 heteroatoms. The molecule has 118 valence electrons. The van der Waals surface area contributed by atoms with Crippen molar-refractivity contribution in [3.63, 3.8) is 0 Å². The van der Waals surface area contributed by atoms with Gasteiger partial charge in [-0.25, -0.2) is 9.59 Å². The predicted molar refractivity (Wildman–Crippen MR) is 79.8 cm³/mol. The molecular formula is C16H19NO5. The Labute approximate surface area is 128 Å². The van der Waals surface area contributed by atoms with Crippen LogP contribution in [0.1, 0.15) is 31.1 Å². The monoisotopic (exact) mass is 305 g/mol. The van der Waals surface area contributed by atoms with Gasteiger partial charge in [0.1, 0.15) is 11.3 Å². The molecule has 2 N–H and O–H groups in total. The van der Waals surface area contributed by atoms with Gasteiger partial charge < -0.3 is 15.2 Å². The molecule has 0 heterocycles. The predicted octanol–water partition coefficient (Wildman–Crippen LogP) is 1.60. The smallest absolute Gasteiger partial charge is 0.355 e. The van der Waals surface area contributed by atoms with Crippen LogP contribution in [0, 0.1) is 0 Å².